The molecule has 2 aliphatic rings. The van der Waals surface area contributed by atoms with Crippen molar-refractivity contribution >= 4 is 33.3 Å². The maximum atomic E-state index is 5.41. The van der Waals surface area contributed by atoms with E-state index in [0.717, 1.165) is 33.9 Å². The van der Waals surface area contributed by atoms with E-state index >= 15 is 0 Å². The van der Waals surface area contributed by atoms with Gasteiger partial charge in [0.2, 0.25) is 0 Å². The Morgan fingerprint density at radius 2 is 0.981 bits per heavy atom. The van der Waals surface area contributed by atoms with E-state index in [-0.39, 0.29) is 0 Å². The zero-order chi connectivity index (χ0) is 34.2. The third-order valence-electron chi connectivity index (χ3n) is 11.0. The summed E-state index contributed by atoms with van der Waals surface area (Å²) in [6, 6.07) is 66.0. The second-order valence-electron chi connectivity index (χ2n) is 13.7. The summed E-state index contributed by atoms with van der Waals surface area (Å²) >= 11 is 1.84. The smallest absolute Gasteiger partial charge is 0.161 e. The molecule has 1 aliphatic heterocycles. The molecule has 242 valence electrons. The second kappa shape index (κ2) is 11.4. The summed E-state index contributed by atoms with van der Waals surface area (Å²) in [5.74, 6) is 0.730. The van der Waals surface area contributed by atoms with E-state index in [1.807, 2.05) is 11.8 Å². The van der Waals surface area contributed by atoms with Gasteiger partial charge in [-0.15, -0.1) is 0 Å². The van der Waals surface area contributed by atoms with Crippen LogP contribution in [0, 0.1) is 0 Å². The highest BCUT2D eigenvalue weighted by atomic mass is 32.2. The number of aromatic nitrogens is 2. The van der Waals surface area contributed by atoms with E-state index in [1.54, 1.807) is 0 Å². The highest BCUT2D eigenvalue weighted by molar-refractivity contribution is 7.99. The molecule has 0 unspecified atom stereocenters. The molecular weight excluding hydrogens is 649 g/mol. The maximum absolute atomic E-state index is 5.41. The molecule has 3 heteroatoms. The van der Waals surface area contributed by atoms with Crippen molar-refractivity contribution in [2.45, 2.75) is 15.2 Å². The lowest BCUT2D eigenvalue weighted by Crippen LogP contribution is -2.32. The lowest BCUT2D eigenvalue weighted by Gasteiger charge is -2.40. The van der Waals surface area contributed by atoms with Crippen LogP contribution in [0.1, 0.15) is 22.3 Å². The number of nitrogens with zero attached hydrogens (tertiary/aromatic N) is 2. The number of rotatable bonds is 3. The van der Waals surface area contributed by atoms with Crippen LogP contribution in [-0.2, 0) is 5.41 Å². The molecule has 8 aromatic carbocycles. The van der Waals surface area contributed by atoms with Crippen molar-refractivity contribution in [1.29, 1.82) is 0 Å². The fourth-order valence-corrected chi connectivity index (χ4v) is 10.00. The summed E-state index contributed by atoms with van der Waals surface area (Å²) < 4.78 is 0. The first-order valence-corrected chi connectivity index (χ1v) is 18.6. The summed E-state index contributed by atoms with van der Waals surface area (Å²) in [6.45, 7) is 0. The van der Waals surface area contributed by atoms with Crippen LogP contribution in [0.15, 0.2) is 192 Å². The number of fused-ring (bicyclic) bond motifs is 12. The Morgan fingerprint density at radius 1 is 0.385 bits per heavy atom. The largest absolute Gasteiger partial charge is 0.228 e. The molecule has 0 fully saturated rings. The van der Waals surface area contributed by atoms with Gasteiger partial charge in [0.15, 0.2) is 5.82 Å². The van der Waals surface area contributed by atoms with Crippen LogP contribution in [0.2, 0.25) is 0 Å². The van der Waals surface area contributed by atoms with Crippen molar-refractivity contribution in [3.63, 3.8) is 0 Å². The third-order valence-corrected chi connectivity index (χ3v) is 12.2. The van der Waals surface area contributed by atoms with E-state index < -0.39 is 5.41 Å². The van der Waals surface area contributed by atoms with Gasteiger partial charge < -0.3 is 0 Å². The highest BCUT2D eigenvalue weighted by Crippen LogP contribution is 2.63. The maximum Gasteiger partial charge on any atom is 0.161 e. The van der Waals surface area contributed by atoms with Crippen molar-refractivity contribution in [3.05, 3.63) is 204 Å². The van der Waals surface area contributed by atoms with Crippen molar-refractivity contribution in [2.75, 3.05) is 0 Å². The molecule has 0 saturated heterocycles. The molecule has 1 aliphatic carbocycles. The van der Waals surface area contributed by atoms with Crippen LogP contribution >= 0.6 is 11.8 Å². The molecule has 52 heavy (non-hydrogen) atoms. The minimum absolute atomic E-state index is 0.457. The van der Waals surface area contributed by atoms with Crippen molar-refractivity contribution < 1.29 is 0 Å². The van der Waals surface area contributed by atoms with Gasteiger partial charge >= 0.3 is 0 Å². The number of hydrogen-bond donors (Lipinski definition) is 0. The molecule has 1 spiro atoms. The molecule has 0 radical (unpaired) electrons. The van der Waals surface area contributed by atoms with Crippen LogP contribution in [0.25, 0.3) is 66.6 Å². The Morgan fingerprint density at radius 3 is 1.79 bits per heavy atom. The second-order valence-corrected chi connectivity index (χ2v) is 14.7. The Bertz CT molecular complexity index is 2850. The van der Waals surface area contributed by atoms with Crippen LogP contribution in [0.4, 0.5) is 0 Å². The molecule has 9 aromatic rings. The monoisotopic (exact) mass is 678 g/mol. The third kappa shape index (κ3) is 4.20. The van der Waals surface area contributed by atoms with E-state index in [9.17, 15) is 0 Å². The minimum atomic E-state index is -0.457. The zero-order valence-electron chi connectivity index (χ0n) is 28.1. The van der Waals surface area contributed by atoms with Crippen LogP contribution in [-0.4, -0.2) is 9.97 Å². The quantitative estimate of drug-likeness (QED) is 0.174. The molecule has 2 heterocycles. The number of benzene rings is 8. The van der Waals surface area contributed by atoms with Gasteiger partial charge in [-0.25, -0.2) is 9.97 Å². The molecule has 0 amide bonds. The molecular formula is C49H30N2S. The normalized spacial score (nSPS) is 13.5. The average molecular weight is 679 g/mol. The van der Waals surface area contributed by atoms with Gasteiger partial charge in [-0.1, -0.05) is 176 Å². The van der Waals surface area contributed by atoms with Gasteiger partial charge in [0.05, 0.1) is 16.8 Å². The molecule has 1 aromatic heterocycles. The first kappa shape index (κ1) is 29.4. The van der Waals surface area contributed by atoms with Gasteiger partial charge in [0, 0.05) is 26.5 Å². The molecule has 0 N–H and O–H groups in total. The Kier molecular flexibility index (Phi) is 6.43. The van der Waals surface area contributed by atoms with Gasteiger partial charge in [-0.05, 0) is 73.1 Å². The van der Waals surface area contributed by atoms with E-state index in [2.05, 4.69) is 182 Å². The summed E-state index contributed by atoms with van der Waals surface area (Å²) in [5, 5.41) is 4.95. The van der Waals surface area contributed by atoms with E-state index in [0.29, 0.717) is 0 Å². The van der Waals surface area contributed by atoms with Crippen molar-refractivity contribution in [2.24, 2.45) is 0 Å². The van der Waals surface area contributed by atoms with Gasteiger partial charge in [-0.2, -0.15) is 0 Å². The fraction of sp³-hybridized carbons (Fsp3) is 0.0204. The van der Waals surface area contributed by atoms with Crippen LogP contribution in [0.3, 0.4) is 0 Å². The Labute approximate surface area is 306 Å². The lowest BCUT2D eigenvalue weighted by molar-refractivity contribution is 0.723. The standard InChI is InChI=1S/C49H30N2S/c1-2-14-32(15-3-1)44-30-45(34-27-28-36-33(29-34)26-25-31-13-4-5-16-35(31)36)51-48(50-44)39-19-12-23-43-47(39)52-46-24-11-10-22-42(46)49(43)40-20-8-6-17-37(40)38-18-7-9-21-41(38)49/h1-30H. The van der Waals surface area contributed by atoms with Crippen molar-refractivity contribution in [1.82, 2.24) is 9.97 Å². The van der Waals surface area contributed by atoms with Crippen LogP contribution in [0.5, 0.6) is 0 Å². The van der Waals surface area contributed by atoms with Gasteiger partial charge in [0.1, 0.15) is 0 Å². The zero-order valence-corrected chi connectivity index (χ0v) is 28.9. The fourth-order valence-electron chi connectivity index (χ4n) is 8.70. The highest BCUT2D eigenvalue weighted by Gasteiger charge is 2.50. The molecule has 0 bridgehead atoms. The summed E-state index contributed by atoms with van der Waals surface area (Å²) in [7, 11) is 0. The summed E-state index contributed by atoms with van der Waals surface area (Å²) in [5.41, 5.74) is 12.4. The Hall–Kier alpha value is -6.29. The SMILES string of the molecule is c1ccc(-c2cc(-c3ccc4c(ccc5ccccc54)c3)nc(-c3cccc4c3Sc3ccccc3C43c4ccccc4-c4ccccc43)n2)cc1. The summed E-state index contributed by atoms with van der Waals surface area (Å²) in [6.07, 6.45) is 0. The predicted molar refractivity (Wildman–Crippen MR) is 215 cm³/mol. The van der Waals surface area contributed by atoms with Gasteiger partial charge in [-0.3, -0.25) is 0 Å². The summed E-state index contributed by atoms with van der Waals surface area (Å²) in [4.78, 5) is 13.2. The molecule has 2 nitrogen and oxygen atoms in total. The van der Waals surface area contributed by atoms with E-state index in [4.69, 9.17) is 9.97 Å². The first-order valence-electron chi connectivity index (χ1n) is 17.7. The molecule has 11 rings (SSSR count). The Balaban J connectivity index is 1.17. The molecule has 0 atom stereocenters. The van der Waals surface area contributed by atoms with Crippen LogP contribution < -0.4 is 0 Å². The average Bonchev–Trinajstić information content (AvgIpc) is 3.51. The van der Waals surface area contributed by atoms with Gasteiger partial charge in [0.25, 0.3) is 0 Å². The topological polar surface area (TPSA) is 25.8 Å². The predicted octanol–water partition coefficient (Wildman–Crippen LogP) is 12.6. The minimum Gasteiger partial charge on any atom is -0.228 e. The lowest BCUT2D eigenvalue weighted by atomic mass is 9.67. The van der Waals surface area contributed by atoms with E-state index in [1.165, 1.54) is 64.7 Å². The molecule has 0 saturated carbocycles. The first-order chi connectivity index (χ1) is 25.8. The number of hydrogen-bond acceptors (Lipinski definition) is 3. The van der Waals surface area contributed by atoms with Crippen molar-refractivity contribution in [3.8, 4) is 45.0 Å².